The van der Waals surface area contributed by atoms with E-state index in [-0.39, 0.29) is 5.82 Å². The largest absolute Gasteiger partial charge is 0.387 e. The van der Waals surface area contributed by atoms with Crippen LogP contribution in [0.2, 0.25) is 5.02 Å². The molecule has 1 aliphatic rings. The molecule has 17 heavy (non-hydrogen) atoms. The molecule has 0 saturated heterocycles. The first-order valence-electron chi connectivity index (χ1n) is 5.95. The van der Waals surface area contributed by atoms with Gasteiger partial charge in [-0.25, -0.2) is 9.38 Å². The average molecular weight is 255 g/mol. The van der Waals surface area contributed by atoms with Gasteiger partial charge in [0, 0.05) is 10.9 Å². The van der Waals surface area contributed by atoms with Crippen LogP contribution in [0.5, 0.6) is 0 Å². The quantitative estimate of drug-likeness (QED) is 0.628. The van der Waals surface area contributed by atoms with E-state index in [2.05, 4.69) is 4.99 Å². The third-order valence-electron chi connectivity index (χ3n) is 3.13. The molecule has 1 aromatic rings. The number of hydrogen-bond acceptors (Lipinski definition) is 1. The summed E-state index contributed by atoms with van der Waals surface area (Å²) in [6.45, 7) is 0. The first kappa shape index (κ1) is 12.4. The van der Waals surface area contributed by atoms with E-state index in [1.165, 1.54) is 31.4 Å². The summed E-state index contributed by atoms with van der Waals surface area (Å²) in [5.41, 5.74) is 6.46. The van der Waals surface area contributed by atoms with Crippen molar-refractivity contribution in [3.8, 4) is 0 Å². The van der Waals surface area contributed by atoms with E-state index in [0.717, 1.165) is 12.8 Å². The van der Waals surface area contributed by atoms with Gasteiger partial charge < -0.3 is 5.73 Å². The van der Waals surface area contributed by atoms with Gasteiger partial charge in [-0.1, -0.05) is 30.9 Å². The van der Waals surface area contributed by atoms with Crippen LogP contribution in [0.3, 0.4) is 0 Å². The van der Waals surface area contributed by atoms with Crippen molar-refractivity contribution in [1.82, 2.24) is 0 Å². The number of aliphatic imine (C=N–C) groups is 1. The lowest BCUT2D eigenvalue weighted by Crippen LogP contribution is -2.25. The summed E-state index contributed by atoms with van der Waals surface area (Å²) in [7, 11) is 0. The molecule has 0 heterocycles. The summed E-state index contributed by atoms with van der Waals surface area (Å²) in [6.07, 6.45) is 5.84. The summed E-state index contributed by atoms with van der Waals surface area (Å²) in [5, 5.41) is 0.347. The fraction of sp³-hybridized carbons (Fsp3) is 0.462. The van der Waals surface area contributed by atoms with Crippen LogP contribution in [0.15, 0.2) is 23.2 Å². The van der Waals surface area contributed by atoms with Gasteiger partial charge in [-0.05, 0) is 31.0 Å². The smallest absolute Gasteiger partial charge is 0.126 e. The van der Waals surface area contributed by atoms with Crippen LogP contribution in [-0.2, 0) is 0 Å². The Morgan fingerprint density at radius 2 is 1.94 bits per heavy atom. The second-order valence-electron chi connectivity index (χ2n) is 4.50. The van der Waals surface area contributed by atoms with Gasteiger partial charge in [0.25, 0.3) is 0 Å². The minimum atomic E-state index is -0.382. The van der Waals surface area contributed by atoms with Crippen molar-refractivity contribution in [1.29, 1.82) is 0 Å². The predicted molar refractivity (Wildman–Crippen MR) is 69.3 cm³/mol. The van der Waals surface area contributed by atoms with Crippen molar-refractivity contribution in [2.24, 2.45) is 16.6 Å². The number of benzene rings is 1. The zero-order chi connectivity index (χ0) is 12.3. The van der Waals surface area contributed by atoms with Gasteiger partial charge in [0.2, 0.25) is 0 Å². The molecule has 1 fully saturated rings. The van der Waals surface area contributed by atoms with E-state index in [1.54, 1.807) is 6.07 Å². The van der Waals surface area contributed by atoms with E-state index in [1.807, 2.05) is 0 Å². The highest BCUT2D eigenvalue weighted by atomic mass is 35.5. The van der Waals surface area contributed by atoms with Crippen molar-refractivity contribution >= 4 is 23.1 Å². The molecule has 1 aliphatic carbocycles. The van der Waals surface area contributed by atoms with E-state index >= 15 is 0 Å². The van der Waals surface area contributed by atoms with Gasteiger partial charge in [-0.2, -0.15) is 0 Å². The Bertz CT molecular complexity index is 405. The molecule has 1 saturated carbocycles. The Morgan fingerprint density at radius 1 is 1.24 bits per heavy atom. The lowest BCUT2D eigenvalue weighted by atomic mass is 9.88. The van der Waals surface area contributed by atoms with Crippen molar-refractivity contribution in [2.75, 3.05) is 0 Å². The Labute approximate surface area is 106 Å². The standard InChI is InChI=1S/C13H16ClFN2/c14-10-6-11(15)8-12(7-10)17-13(16)9-4-2-1-3-5-9/h6-9H,1-5H2,(H2,16,17). The molecule has 0 radical (unpaired) electrons. The molecule has 0 spiro atoms. The maximum atomic E-state index is 13.1. The Kier molecular flexibility index (Phi) is 4.00. The highest BCUT2D eigenvalue weighted by Crippen LogP contribution is 2.26. The molecule has 0 aromatic heterocycles. The Hall–Kier alpha value is -1.09. The van der Waals surface area contributed by atoms with Crippen LogP contribution >= 0.6 is 11.6 Å². The second kappa shape index (κ2) is 5.50. The summed E-state index contributed by atoms with van der Waals surface area (Å²) in [5.74, 6) is 0.560. The van der Waals surface area contributed by atoms with Gasteiger partial charge in [-0.3, -0.25) is 0 Å². The number of hydrogen-bond donors (Lipinski definition) is 1. The lowest BCUT2D eigenvalue weighted by Gasteiger charge is -2.20. The van der Waals surface area contributed by atoms with Gasteiger partial charge in [0.1, 0.15) is 11.7 Å². The number of nitrogens with zero attached hydrogens (tertiary/aromatic N) is 1. The topological polar surface area (TPSA) is 38.4 Å². The van der Waals surface area contributed by atoms with Crippen LogP contribution in [-0.4, -0.2) is 5.84 Å². The molecular formula is C13H16ClFN2. The Morgan fingerprint density at radius 3 is 2.59 bits per heavy atom. The molecule has 0 amide bonds. The molecule has 0 aliphatic heterocycles. The summed E-state index contributed by atoms with van der Waals surface area (Å²) in [6, 6.07) is 4.24. The third-order valence-corrected chi connectivity index (χ3v) is 3.35. The molecule has 4 heteroatoms. The monoisotopic (exact) mass is 254 g/mol. The predicted octanol–water partition coefficient (Wildman–Crippen LogP) is 4.05. The maximum absolute atomic E-state index is 13.1. The summed E-state index contributed by atoms with van der Waals surface area (Å²) >= 11 is 5.77. The van der Waals surface area contributed by atoms with Crippen LogP contribution in [0.1, 0.15) is 32.1 Å². The molecular weight excluding hydrogens is 239 g/mol. The minimum absolute atomic E-state index is 0.339. The normalized spacial score (nSPS) is 18.4. The molecule has 92 valence electrons. The van der Waals surface area contributed by atoms with Crippen molar-refractivity contribution < 1.29 is 4.39 Å². The van der Waals surface area contributed by atoms with Crippen LogP contribution in [0.4, 0.5) is 10.1 Å². The van der Waals surface area contributed by atoms with E-state index in [9.17, 15) is 4.39 Å². The number of rotatable bonds is 2. The van der Waals surface area contributed by atoms with Gasteiger partial charge in [0.15, 0.2) is 0 Å². The van der Waals surface area contributed by atoms with Gasteiger partial charge in [0.05, 0.1) is 5.69 Å². The second-order valence-corrected chi connectivity index (χ2v) is 4.94. The Balaban J connectivity index is 2.16. The fourth-order valence-electron chi connectivity index (χ4n) is 2.24. The molecule has 0 bridgehead atoms. The van der Waals surface area contributed by atoms with Crippen molar-refractivity contribution in [3.05, 3.63) is 29.0 Å². The van der Waals surface area contributed by atoms with E-state index in [4.69, 9.17) is 17.3 Å². The van der Waals surface area contributed by atoms with Crippen molar-refractivity contribution in [3.63, 3.8) is 0 Å². The van der Waals surface area contributed by atoms with Gasteiger partial charge in [-0.15, -0.1) is 0 Å². The number of halogens is 2. The fourth-order valence-corrected chi connectivity index (χ4v) is 2.46. The SMILES string of the molecule is NC(=Nc1cc(F)cc(Cl)c1)C1CCCCC1. The number of nitrogens with two attached hydrogens (primary N) is 1. The third kappa shape index (κ3) is 3.43. The molecule has 2 rings (SSSR count). The molecule has 0 atom stereocenters. The summed E-state index contributed by atoms with van der Waals surface area (Å²) < 4.78 is 13.1. The molecule has 0 unspecified atom stereocenters. The number of amidine groups is 1. The highest BCUT2D eigenvalue weighted by molar-refractivity contribution is 6.30. The van der Waals surface area contributed by atoms with Crippen LogP contribution < -0.4 is 5.73 Å². The van der Waals surface area contributed by atoms with Crippen LogP contribution in [0.25, 0.3) is 0 Å². The first-order valence-corrected chi connectivity index (χ1v) is 6.33. The highest BCUT2D eigenvalue weighted by Gasteiger charge is 2.16. The maximum Gasteiger partial charge on any atom is 0.126 e. The molecule has 2 N–H and O–H groups in total. The van der Waals surface area contributed by atoms with E-state index in [0.29, 0.717) is 22.5 Å². The van der Waals surface area contributed by atoms with Crippen molar-refractivity contribution in [2.45, 2.75) is 32.1 Å². The first-order chi connectivity index (χ1) is 8.15. The molecule has 1 aromatic carbocycles. The minimum Gasteiger partial charge on any atom is -0.387 e. The summed E-state index contributed by atoms with van der Waals surface area (Å²) in [4.78, 5) is 4.27. The zero-order valence-corrected chi connectivity index (χ0v) is 10.4. The lowest BCUT2D eigenvalue weighted by molar-refractivity contribution is 0.437. The van der Waals surface area contributed by atoms with Gasteiger partial charge >= 0.3 is 0 Å². The zero-order valence-electron chi connectivity index (χ0n) is 9.63. The molecule has 2 nitrogen and oxygen atoms in total. The average Bonchev–Trinajstić information content (AvgIpc) is 2.28. The van der Waals surface area contributed by atoms with E-state index < -0.39 is 0 Å². The van der Waals surface area contributed by atoms with Crippen LogP contribution in [0, 0.1) is 11.7 Å².